The van der Waals surface area contributed by atoms with E-state index in [0.29, 0.717) is 22.6 Å². The molecule has 1 N–H and O–H groups in total. The van der Waals surface area contributed by atoms with Crippen molar-refractivity contribution in [1.29, 1.82) is 0 Å². The standard InChI is InChI=1S/C16H16ClFO/c1-10-7-13(8-11(2)16(10)18)15(19)9-12-3-5-14(17)6-4-12/h3-8,15,19H,9H2,1-2H3. The van der Waals surface area contributed by atoms with E-state index in [1.165, 1.54) is 0 Å². The SMILES string of the molecule is Cc1cc(C(O)Cc2ccc(Cl)cc2)cc(C)c1F. The average molecular weight is 279 g/mol. The summed E-state index contributed by atoms with van der Waals surface area (Å²) in [4.78, 5) is 0. The molecule has 100 valence electrons. The first-order chi connectivity index (χ1) is 8.97. The molecule has 2 rings (SSSR count). The molecule has 3 heteroatoms. The zero-order chi connectivity index (χ0) is 14.0. The predicted molar refractivity (Wildman–Crippen MR) is 76.0 cm³/mol. The van der Waals surface area contributed by atoms with Crippen molar-refractivity contribution in [2.24, 2.45) is 0 Å². The van der Waals surface area contributed by atoms with Crippen LogP contribution >= 0.6 is 11.6 Å². The summed E-state index contributed by atoms with van der Waals surface area (Å²) in [5.41, 5.74) is 2.86. The van der Waals surface area contributed by atoms with Gasteiger partial charge in [-0.05, 0) is 48.2 Å². The lowest BCUT2D eigenvalue weighted by molar-refractivity contribution is 0.178. The van der Waals surface area contributed by atoms with E-state index in [4.69, 9.17) is 11.6 Å². The number of hydrogen-bond donors (Lipinski definition) is 1. The van der Waals surface area contributed by atoms with Gasteiger partial charge in [-0.25, -0.2) is 4.39 Å². The Balaban J connectivity index is 2.20. The Bertz CT molecular complexity index is 555. The zero-order valence-corrected chi connectivity index (χ0v) is 11.7. The Morgan fingerprint density at radius 1 is 1.11 bits per heavy atom. The van der Waals surface area contributed by atoms with Crippen LogP contribution in [0.5, 0.6) is 0 Å². The molecule has 0 spiro atoms. The minimum Gasteiger partial charge on any atom is -0.388 e. The quantitative estimate of drug-likeness (QED) is 0.884. The van der Waals surface area contributed by atoms with Crippen LogP contribution in [-0.2, 0) is 6.42 Å². The van der Waals surface area contributed by atoms with Crippen LogP contribution in [-0.4, -0.2) is 5.11 Å². The van der Waals surface area contributed by atoms with E-state index in [2.05, 4.69) is 0 Å². The van der Waals surface area contributed by atoms with Crippen molar-refractivity contribution in [2.75, 3.05) is 0 Å². The number of benzene rings is 2. The zero-order valence-electron chi connectivity index (χ0n) is 11.0. The molecule has 19 heavy (non-hydrogen) atoms. The second kappa shape index (κ2) is 5.72. The van der Waals surface area contributed by atoms with Crippen molar-refractivity contribution in [3.63, 3.8) is 0 Å². The Morgan fingerprint density at radius 2 is 1.63 bits per heavy atom. The predicted octanol–water partition coefficient (Wildman–Crippen LogP) is 4.37. The first-order valence-corrected chi connectivity index (χ1v) is 6.54. The fraction of sp³-hybridized carbons (Fsp3) is 0.250. The first-order valence-electron chi connectivity index (χ1n) is 6.16. The van der Waals surface area contributed by atoms with Crippen molar-refractivity contribution >= 4 is 11.6 Å². The maximum atomic E-state index is 13.5. The van der Waals surface area contributed by atoms with Crippen molar-refractivity contribution in [2.45, 2.75) is 26.4 Å². The van der Waals surface area contributed by atoms with Gasteiger partial charge in [0.1, 0.15) is 5.82 Å². The molecule has 1 nitrogen and oxygen atoms in total. The van der Waals surface area contributed by atoms with Crippen LogP contribution in [0.3, 0.4) is 0 Å². The van der Waals surface area contributed by atoms with Gasteiger partial charge in [-0.1, -0.05) is 35.9 Å². The molecule has 1 unspecified atom stereocenters. The summed E-state index contributed by atoms with van der Waals surface area (Å²) in [6.07, 6.45) is -0.152. The van der Waals surface area contributed by atoms with Gasteiger partial charge in [-0.15, -0.1) is 0 Å². The highest BCUT2D eigenvalue weighted by Crippen LogP contribution is 2.23. The lowest BCUT2D eigenvalue weighted by Crippen LogP contribution is -2.04. The molecular weight excluding hydrogens is 263 g/mol. The van der Waals surface area contributed by atoms with Crippen molar-refractivity contribution in [3.05, 3.63) is 69.5 Å². The third-order valence-corrected chi connectivity index (χ3v) is 3.44. The fourth-order valence-corrected chi connectivity index (χ4v) is 2.26. The average Bonchev–Trinajstić information content (AvgIpc) is 2.38. The first kappa shape index (κ1) is 14.0. The molecule has 0 aromatic heterocycles. The van der Waals surface area contributed by atoms with E-state index in [0.717, 1.165) is 11.1 Å². The fourth-order valence-electron chi connectivity index (χ4n) is 2.13. The van der Waals surface area contributed by atoms with E-state index >= 15 is 0 Å². The van der Waals surface area contributed by atoms with Crippen LogP contribution in [0.15, 0.2) is 36.4 Å². The smallest absolute Gasteiger partial charge is 0.129 e. The van der Waals surface area contributed by atoms with E-state index in [1.807, 2.05) is 12.1 Å². The number of aliphatic hydroxyl groups is 1. The largest absolute Gasteiger partial charge is 0.388 e. The topological polar surface area (TPSA) is 20.2 Å². The summed E-state index contributed by atoms with van der Waals surface area (Å²) in [6.45, 7) is 3.42. The third-order valence-electron chi connectivity index (χ3n) is 3.19. The summed E-state index contributed by atoms with van der Waals surface area (Å²) in [7, 11) is 0. The molecule has 0 saturated carbocycles. The third kappa shape index (κ3) is 3.34. The Hall–Kier alpha value is -1.38. The minimum atomic E-state index is -0.640. The maximum Gasteiger partial charge on any atom is 0.129 e. The molecule has 1 atom stereocenters. The van der Waals surface area contributed by atoms with Crippen molar-refractivity contribution in [3.8, 4) is 0 Å². The molecule has 0 aliphatic rings. The van der Waals surface area contributed by atoms with Gasteiger partial charge in [0.25, 0.3) is 0 Å². The monoisotopic (exact) mass is 278 g/mol. The molecule has 0 fully saturated rings. The van der Waals surface area contributed by atoms with Gasteiger partial charge in [0.05, 0.1) is 6.10 Å². The normalized spacial score (nSPS) is 12.5. The molecule has 0 bridgehead atoms. The highest BCUT2D eigenvalue weighted by molar-refractivity contribution is 6.30. The molecule has 2 aromatic rings. The van der Waals surface area contributed by atoms with Crippen molar-refractivity contribution < 1.29 is 9.50 Å². The van der Waals surface area contributed by atoms with Crippen LogP contribution < -0.4 is 0 Å². The van der Waals surface area contributed by atoms with E-state index in [9.17, 15) is 9.50 Å². The summed E-state index contributed by atoms with van der Waals surface area (Å²) >= 11 is 5.82. The van der Waals surface area contributed by atoms with Crippen LogP contribution in [0.2, 0.25) is 5.02 Å². The summed E-state index contributed by atoms with van der Waals surface area (Å²) in [6, 6.07) is 10.8. The van der Waals surface area contributed by atoms with Gasteiger partial charge >= 0.3 is 0 Å². The van der Waals surface area contributed by atoms with Gasteiger partial charge in [0.2, 0.25) is 0 Å². The molecule has 0 aliphatic carbocycles. The number of hydrogen-bond acceptors (Lipinski definition) is 1. The highest BCUT2D eigenvalue weighted by Gasteiger charge is 2.12. The van der Waals surface area contributed by atoms with E-state index in [-0.39, 0.29) is 5.82 Å². The second-order valence-corrected chi connectivity index (χ2v) is 5.25. The van der Waals surface area contributed by atoms with Gasteiger partial charge in [-0.3, -0.25) is 0 Å². The number of rotatable bonds is 3. The summed E-state index contributed by atoms with van der Waals surface area (Å²) < 4.78 is 13.5. The summed E-state index contributed by atoms with van der Waals surface area (Å²) in [5, 5.41) is 10.9. The Kier molecular flexibility index (Phi) is 4.23. The molecule has 0 aliphatic heterocycles. The van der Waals surface area contributed by atoms with Crippen LogP contribution in [0.25, 0.3) is 0 Å². The number of aliphatic hydroxyl groups excluding tert-OH is 1. The Morgan fingerprint density at radius 3 is 2.16 bits per heavy atom. The second-order valence-electron chi connectivity index (χ2n) is 4.82. The van der Waals surface area contributed by atoms with Gasteiger partial charge < -0.3 is 5.11 Å². The van der Waals surface area contributed by atoms with Gasteiger partial charge in [0.15, 0.2) is 0 Å². The molecule has 0 heterocycles. The molecule has 2 aromatic carbocycles. The number of halogens is 2. The molecular formula is C16H16ClFO. The van der Waals surface area contributed by atoms with Crippen LogP contribution in [0, 0.1) is 19.7 Å². The lowest BCUT2D eigenvalue weighted by Gasteiger charge is -2.13. The summed E-state index contributed by atoms with van der Waals surface area (Å²) in [5.74, 6) is -0.206. The Labute approximate surface area is 117 Å². The highest BCUT2D eigenvalue weighted by atomic mass is 35.5. The van der Waals surface area contributed by atoms with Gasteiger partial charge in [0, 0.05) is 11.4 Å². The van der Waals surface area contributed by atoms with Crippen LogP contribution in [0.1, 0.15) is 28.4 Å². The molecule has 0 saturated heterocycles. The van der Waals surface area contributed by atoms with Crippen LogP contribution in [0.4, 0.5) is 4.39 Å². The lowest BCUT2D eigenvalue weighted by atomic mass is 9.98. The van der Waals surface area contributed by atoms with E-state index < -0.39 is 6.10 Å². The maximum absolute atomic E-state index is 13.5. The van der Waals surface area contributed by atoms with Gasteiger partial charge in [-0.2, -0.15) is 0 Å². The number of aryl methyl sites for hydroxylation is 2. The van der Waals surface area contributed by atoms with E-state index in [1.54, 1.807) is 38.1 Å². The molecule has 0 radical (unpaired) electrons. The van der Waals surface area contributed by atoms with Crippen molar-refractivity contribution in [1.82, 2.24) is 0 Å². The minimum absolute atomic E-state index is 0.206. The molecule has 0 amide bonds.